The summed E-state index contributed by atoms with van der Waals surface area (Å²) in [4.78, 5) is 16.4. The van der Waals surface area contributed by atoms with Crippen LogP contribution in [0.2, 0.25) is 0 Å². The lowest BCUT2D eigenvalue weighted by molar-refractivity contribution is 0.121. The van der Waals surface area contributed by atoms with Gasteiger partial charge in [0.1, 0.15) is 17.6 Å². The average Bonchev–Trinajstić information content (AvgIpc) is 3.40. The van der Waals surface area contributed by atoms with Crippen LogP contribution < -0.4 is 15.6 Å². The quantitative estimate of drug-likeness (QED) is 0.520. The first-order valence-electron chi connectivity index (χ1n) is 10.9. The highest BCUT2D eigenvalue weighted by molar-refractivity contribution is 5.93. The fourth-order valence-corrected chi connectivity index (χ4v) is 4.45. The molecule has 0 amide bonds. The third-order valence-corrected chi connectivity index (χ3v) is 6.24. The van der Waals surface area contributed by atoms with Gasteiger partial charge in [0.15, 0.2) is 5.88 Å². The van der Waals surface area contributed by atoms with Crippen LogP contribution >= 0.6 is 0 Å². The maximum absolute atomic E-state index is 11.9. The van der Waals surface area contributed by atoms with Gasteiger partial charge >= 0.3 is 0 Å². The Kier molecular flexibility index (Phi) is 5.16. The number of hydrogen-bond donors (Lipinski definition) is 1. The van der Waals surface area contributed by atoms with Crippen molar-refractivity contribution in [3.05, 3.63) is 53.2 Å². The number of fused-ring (bicyclic) bond motifs is 1. The molecule has 32 heavy (non-hydrogen) atoms. The molecule has 9 heteroatoms. The lowest BCUT2D eigenvalue weighted by Gasteiger charge is -2.30. The first kappa shape index (κ1) is 20.3. The number of rotatable bonds is 5. The lowest BCUT2D eigenvalue weighted by atomic mass is 9.93. The number of nitrogens with one attached hydrogen (secondary N) is 1. The van der Waals surface area contributed by atoms with Crippen LogP contribution in [-0.4, -0.2) is 42.3 Å². The number of nitrogens with zero attached hydrogens (tertiary/aromatic N) is 6. The molecular weight excluding hydrogens is 406 g/mol. The molecule has 5 rings (SSSR count). The zero-order chi connectivity index (χ0) is 22.2. The summed E-state index contributed by atoms with van der Waals surface area (Å²) < 4.78 is 11.6. The molecule has 9 nitrogen and oxygen atoms in total. The smallest absolute Gasteiger partial charge is 0.253 e. The molecule has 0 aliphatic heterocycles. The molecule has 4 aromatic rings. The number of aryl methyl sites for hydroxylation is 1. The normalized spacial score (nSPS) is 18.7. The van der Waals surface area contributed by atoms with Crippen molar-refractivity contribution >= 4 is 16.7 Å². The van der Waals surface area contributed by atoms with Crippen molar-refractivity contribution in [3.63, 3.8) is 0 Å². The Morgan fingerprint density at radius 1 is 1.12 bits per heavy atom. The van der Waals surface area contributed by atoms with Crippen LogP contribution in [0.15, 0.2) is 47.7 Å². The van der Waals surface area contributed by atoms with Crippen molar-refractivity contribution in [2.75, 3.05) is 12.4 Å². The SMILES string of the molecule is CNc1cc2c(cn1)c(-c1cnn(C)c1)nn2C1CCC(Oc2cccc(=O)n2C)CC1. The van der Waals surface area contributed by atoms with Gasteiger partial charge in [0.25, 0.3) is 5.56 Å². The summed E-state index contributed by atoms with van der Waals surface area (Å²) >= 11 is 0. The minimum Gasteiger partial charge on any atom is -0.475 e. The van der Waals surface area contributed by atoms with Crippen molar-refractivity contribution in [1.29, 1.82) is 0 Å². The Bertz CT molecular complexity index is 1310. The number of pyridine rings is 2. The molecule has 4 heterocycles. The molecule has 0 bridgehead atoms. The molecule has 0 radical (unpaired) electrons. The molecule has 166 valence electrons. The third kappa shape index (κ3) is 3.63. The zero-order valence-electron chi connectivity index (χ0n) is 18.5. The summed E-state index contributed by atoms with van der Waals surface area (Å²) in [6.45, 7) is 0. The van der Waals surface area contributed by atoms with Gasteiger partial charge in [-0.05, 0) is 31.7 Å². The predicted octanol–water partition coefficient (Wildman–Crippen LogP) is 3.13. The van der Waals surface area contributed by atoms with Crippen LogP contribution in [0.25, 0.3) is 22.2 Å². The Morgan fingerprint density at radius 2 is 1.94 bits per heavy atom. The van der Waals surface area contributed by atoms with Crippen molar-refractivity contribution < 1.29 is 4.74 Å². The van der Waals surface area contributed by atoms with Crippen LogP contribution in [0.3, 0.4) is 0 Å². The Morgan fingerprint density at radius 3 is 2.66 bits per heavy atom. The second-order valence-electron chi connectivity index (χ2n) is 8.34. The van der Waals surface area contributed by atoms with E-state index < -0.39 is 0 Å². The van der Waals surface area contributed by atoms with Crippen molar-refractivity contribution in [2.45, 2.75) is 37.8 Å². The van der Waals surface area contributed by atoms with Crippen LogP contribution in [-0.2, 0) is 14.1 Å². The molecule has 4 aromatic heterocycles. The molecule has 1 aliphatic rings. The molecule has 1 saturated carbocycles. The van der Waals surface area contributed by atoms with E-state index in [1.807, 2.05) is 38.8 Å². The van der Waals surface area contributed by atoms with Gasteiger partial charge in [-0.15, -0.1) is 0 Å². The van der Waals surface area contributed by atoms with Crippen molar-refractivity contribution in [2.24, 2.45) is 14.1 Å². The predicted molar refractivity (Wildman–Crippen MR) is 123 cm³/mol. The fourth-order valence-electron chi connectivity index (χ4n) is 4.45. The second kappa shape index (κ2) is 8.14. The second-order valence-corrected chi connectivity index (χ2v) is 8.34. The van der Waals surface area contributed by atoms with Gasteiger partial charge in [0, 0.05) is 56.6 Å². The first-order valence-corrected chi connectivity index (χ1v) is 10.9. The van der Waals surface area contributed by atoms with Crippen LogP contribution in [0.1, 0.15) is 31.7 Å². The maximum Gasteiger partial charge on any atom is 0.253 e. The van der Waals surface area contributed by atoms with Crippen LogP contribution in [0, 0.1) is 0 Å². The van der Waals surface area contributed by atoms with E-state index in [1.54, 1.807) is 28.4 Å². The summed E-state index contributed by atoms with van der Waals surface area (Å²) in [7, 11) is 5.52. The Balaban J connectivity index is 1.41. The third-order valence-electron chi connectivity index (χ3n) is 6.24. The van der Waals surface area contributed by atoms with Gasteiger partial charge in [-0.3, -0.25) is 18.7 Å². The number of aromatic nitrogens is 6. The number of ether oxygens (including phenoxy) is 1. The minimum atomic E-state index is -0.0592. The highest BCUT2D eigenvalue weighted by Crippen LogP contribution is 2.36. The topological polar surface area (TPSA) is 91.8 Å². The molecular formula is C23H27N7O2. The largest absolute Gasteiger partial charge is 0.475 e. The van der Waals surface area contributed by atoms with E-state index in [0.717, 1.165) is 53.7 Å². The zero-order valence-corrected chi connectivity index (χ0v) is 18.5. The average molecular weight is 434 g/mol. The molecule has 1 N–H and O–H groups in total. The summed E-state index contributed by atoms with van der Waals surface area (Å²) in [5.74, 6) is 1.44. The van der Waals surface area contributed by atoms with Crippen LogP contribution in [0.5, 0.6) is 5.88 Å². The summed E-state index contributed by atoms with van der Waals surface area (Å²) in [6, 6.07) is 7.47. The standard InChI is InChI=1S/C23H27N7O2/c1-24-20-11-19-18(13-25-20)23(15-12-26-28(2)14-15)27-30(19)16-7-9-17(10-8-16)32-22-6-4-5-21(31)29(22)3/h4-6,11-14,16-17H,7-10H2,1-3H3,(H,24,25). The molecule has 1 fully saturated rings. The van der Waals surface area contributed by atoms with Gasteiger partial charge < -0.3 is 10.1 Å². The molecule has 0 unspecified atom stereocenters. The first-order chi connectivity index (χ1) is 15.5. The van der Waals surface area contributed by atoms with E-state index >= 15 is 0 Å². The Hall–Kier alpha value is -3.62. The van der Waals surface area contributed by atoms with Gasteiger partial charge in [0.2, 0.25) is 0 Å². The molecule has 0 aromatic carbocycles. The lowest BCUT2D eigenvalue weighted by Crippen LogP contribution is -2.28. The summed E-state index contributed by atoms with van der Waals surface area (Å²) in [5.41, 5.74) is 2.90. The summed E-state index contributed by atoms with van der Waals surface area (Å²) in [6.07, 6.45) is 9.51. The van der Waals surface area contributed by atoms with Gasteiger partial charge in [-0.2, -0.15) is 10.2 Å². The van der Waals surface area contributed by atoms with Gasteiger partial charge in [-0.25, -0.2) is 4.98 Å². The highest BCUT2D eigenvalue weighted by Gasteiger charge is 2.27. The highest BCUT2D eigenvalue weighted by atomic mass is 16.5. The molecule has 0 spiro atoms. The van der Waals surface area contributed by atoms with Crippen molar-refractivity contribution in [3.8, 4) is 17.1 Å². The molecule has 0 saturated heterocycles. The number of hydrogen-bond acceptors (Lipinski definition) is 6. The van der Waals surface area contributed by atoms with Gasteiger partial charge in [0.05, 0.1) is 17.8 Å². The van der Waals surface area contributed by atoms with Crippen molar-refractivity contribution in [1.82, 2.24) is 29.1 Å². The van der Waals surface area contributed by atoms with Gasteiger partial charge in [-0.1, -0.05) is 6.07 Å². The Labute approximate surface area is 185 Å². The van der Waals surface area contributed by atoms with E-state index in [0.29, 0.717) is 5.88 Å². The maximum atomic E-state index is 11.9. The fraction of sp³-hybridized carbons (Fsp3) is 0.391. The monoisotopic (exact) mass is 433 g/mol. The number of anilines is 1. The van der Waals surface area contributed by atoms with E-state index in [4.69, 9.17) is 9.84 Å². The molecule has 1 aliphatic carbocycles. The van der Waals surface area contributed by atoms with E-state index in [1.165, 1.54) is 0 Å². The minimum absolute atomic E-state index is 0.0592. The van der Waals surface area contributed by atoms with E-state index in [-0.39, 0.29) is 17.7 Å². The van der Waals surface area contributed by atoms with E-state index in [2.05, 4.69) is 26.1 Å². The molecule has 0 atom stereocenters. The summed E-state index contributed by atoms with van der Waals surface area (Å²) in [5, 5.41) is 13.5. The van der Waals surface area contributed by atoms with Crippen LogP contribution in [0.4, 0.5) is 5.82 Å². The van der Waals surface area contributed by atoms with E-state index in [9.17, 15) is 4.79 Å².